The molecular weight excluding hydrogens is 284 g/mol. The van der Waals surface area contributed by atoms with Crippen LogP contribution in [0.2, 0.25) is 5.02 Å². The third-order valence-corrected chi connectivity index (χ3v) is 4.28. The first kappa shape index (κ1) is 14.2. The van der Waals surface area contributed by atoms with Crippen LogP contribution in [0.4, 0.5) is 0 Å². The average Bonchev–Trinajstić information content (AvgIpc) is 2.64. The van der Waals surface area contributed by atoms with E-state index in [-0.39, 0.29) is 11.7 Å². The van der Waals surface area contributed by atoms with Crippen LogP contribution >= 0.6 is 23.4 Å². The van der Waals surface area contributed by atoms with E-state index in [9.17, 15) is 4.79 Å². The first-order valence-electron chi connectivity index (χ1n) is 5.81. The van der Waals surface area contributed by atoms with E-state index in [1.54, 1.807) is 7.05 Å². The summed E-state index contributed by atoms with van der Waals surface area (Å²) >= 11 is 7.60. The van der Waals surface area contributed by atoms with Gasteiger partial charge in [-0.3, -0.25) is 4.57 Å². The summed E-state index contributed by atoms with van der Waals surface area (Å²) in [5.74, 6) is 0. The van der Waals surface area contributed by atoms with Gasteiger partial charge >= 0.3 is 5.69 Å². The number of hydrogen-bond acceptors (Lipinski definition) is 4. The molecule has 1 heterocycles. The SMILES string of the molecule is CC(N)Cc1cccc(Cl)c1Sc1n[nH]c(=O)n1C. The molecule has 0 amide bonds. The quantitative estimate of drug-likeness (QED) is 0.902. The molecule has 0 aliphatic heterocycles. The molecule has 102 valence electrons. The molecule has 19 heavy (non-hydrogen) atoms. The predicted molar refractivity (Wildman–Crippen MR) is 76.8 cm³/mol. The molecule has 0 saturated heterocycles. The maximum absolute atomic E-state index is 11.4. The smallest absolute Gasteiger partial charge is 0.328 e. The van der Waals surface area contributed by atoms with Crippen molar-refractivity contribution >= 4 is 23.4 Å². The van der Waals surface area contributed by atoms with Crippen LogP contribution in [-0.2, 0) is 13.5 Å². The molecule has 3 N–H and O–H groups in total. The number of hydrogen-bond donors (Lipinski definition) is 2. The van der Waals surface area contributed by atoms with Crippen molar-refractivity contribution < 1.29 is 0 Å². The maximum atomic E-state index is 11.4. The van der Waals surface area contributed by atoms with Crippen molar-refractivity contribution in [1.29, 1.82) is 0 Å². The molecule has 0 radical (unpaired) electrons. The summed E-state index contributed by atoms with van der Waals surface area (Å²) in [6, 6.07) is 5.75. The molecule has 1 aromatic heterocycles. The fraction of sp³-hybridized carbons (Fsp3) is 0.333. The van der Waals surface area contributed by atoms with E-state index in [4.69, 9.17) is 17.3 Å². The number of benzene rings is 1. The minimum atomic E-state index is -0.247. The van der Waals surface area contributed by atoms with Crippen LogP contribution in [-0.4, -0.2) is 20.8 Å². The third-order valence-electron chi connectivity index (χ3n) is 2.62. The Hall–Kier alpha value is -1.24. The Morgan fingerprint density at radius 2 is 2.32 bits per heavy atom. The van der Waals surface area contributed by atoms with Crippen molar-refractivity contribution in [3.05, 3.63) is 39.3 Å². The Labute approximate surface area is 120 Å². The highest BCUT2D eigenvalue weighted by Gasteiger charge is 2.14. The van der Waals surface area contributed by atoms with Gasteiger partial charge in [0.25, 0.3) is 0 Å². The standard InChI is InChI=1S/C12H15ClN4OS/c1-7(14)6-8-4-3-5-9(13)10(8)19-12-16-15-11(18)17(12)2/h3-5,7H,6,14H2,1-2H3,(H,15,18). The van der Waals surface area contributed by atoms with Crippen molar-refractivity contribution in [2.24, 2.45) is 12.8 Å². The summed E-state index contributed by atoms with van der Waals surface area (Å²) in [4.78, 5) is 12.2. The van der Waals surface area contributed by atoms with E-state index in [2.05, 4.69) is 10.2 Å². The molecule has 1 atom stereocenters. The number of aromatic nitrogens is 3. The molecule has 7 heteroatoms. The molecule has 5 nitrogen and oxygen atoms in total. The van der Waals surface area contributed by atoms with Crippen LogP contribution < -0.4 is 11.4 Å². The monoisotopic (exact) mass is 298 g/mol. The van der Waals surface area contributed by atoms with E-state index in [0.29, 0.717) is 10.2 Å². The second-order valence-electron chi connectivity index (χ2n) is 4.38. The van der Waals surface area contributed by atoms with Crippen LogP contribution in [0.3, 0.4) is 0 Å². The molecule has 2 aromatic rings. The van der Waals surface area contributed by atoms with Crippen LogP contribution in [0, 0.1) is 0 Å². The van der Waals surface area contributed by atoms with Gasteiger partial charge in [0.15, 0.2) is 5.16 Å². The van der Waals surface area contributed by atoms with Gasteiger partial charge in [0.05, 0.1) is 5.02 Å². The normalized spacial score (nSPS) is 12.6. The van der Waals surface area contributed by atoms with Crippen LogP contribution in [0.1, 0.15) is 12.5 Å². The highest BCUT2D eigenvalue weighted by Crippen LogP contribution is 2.34. The number of halogens is 1. The highest BCUT2D eigenvalue weighted by atomic mass is 35.5. The first-order valence-corrected chi connectivity index (χ1v) is 7.00. The fourth-order valence-corrected chi connectivity index (χ4v) is 2.94. The van der Waals surface area contributed by atoms with Gasteiger partial charge in [0.1, 0.15) is 0 Å². The molecule has 1 aromatic carbocycles. The van der Waals surface area contributed by atoms with Gasteiger partial charge < -0.3 is 5.73 Å². The predicted octanol–water partition coefficient (Wildman–Crippen LogP) is 1.80. The van der Waals surface area contributed by atoms with Crippen molar-refractivity contribution in [1.82, 2.24) is 14.8 Å². The Bertz CT molecular complexity index is 635. The Morgan fingerprint density at radius 1 is 1.58 bits per heavy atom. The van der Waals surface area contributed by atoms with Gasteiger partial charge in [0, 0.05) is 18.0 Å². The lowest BCUT2D eigenvalue weighted by Gasteiger charge is -2.12. The van der Waals surface area contributed by atoms with Crippen molar-refractivity contribution in [3.63, 3.8) is 0 Å². The number of nitrogens with zero attached hydrogens (tertiary/aromatic N) is 2. The first-order chi connectivity index (χ1) is 8.99. The topological polar surface area (TPSA) is 76.7 Å². The summed E-state index contributed by atoms with van der Waals surface area (Å²) in [5, 5.41) is 7.59. The van der Waals surface area contributed by atoms with Crippen molar-refractivity contribution in [3.8, 4) is 0 Å². The summed E-state index contributed by atoms with van der Waals surface area (Å²) in [7, 11) is 1.66. The largest absolute Gasteiger partial charge is 0.343 e. The van der Waals surface area contributed by atoms with E-state index >= 15 is 0 Å². The molecular formula is C12H15ClN4OS. The second-order valence-corrected chi connectivity index (χ2v) is 5.77. The number of aromatic amines is 1. The van der Waals surface area contributed by atoms with Crippen molar-refractivity contribution in [2.45, 2.75) is 29.4 Å². The number of nitrogens with one attached hydrogen (secondary N) is 1. The van der Waals surface area contributed by atoms with Gasteiger partial charge in [-0.15, -0.1) is 5.10 Å². The van der Waals surface area contributed by atoms with Crippen LogP contribution in [0.25, 0.3) is 0 Å². The maximum Gasteiger partial charge on any atom is 0.343 e. The van der Waals surface area contributed by atoms with Crippen molar-refractivity contribution in [2.75, 3.05) is 0 Å². The lowest BCUT2D eigenvalue weighted by molar-refractivity contribution is 0.728. The minimum absolute atomic E-state index is 0.0424. The van der Waals surface area contributed by atoms with Gasteiger partial charge in [-0.25, -0.2) is 9.89 Å². The molecule has 1 unspecified atom stereocenters. The minimum Gasteiger partial charge on any atom is -0.328 e. The number of H-pyrrole nitrogens is 1. The third kappa shape index (κ3) is 3.20. The molecule has 0 fully saturated rings. The molecule has 0 aliphatic carbocycles. The van der Waals surface area contributed by atoms with Crippen LogP contribution in [0.5, 0.6) is 0 Å². The highest BCUT2D eigenvalue weighted by molar-refractivity contribution is 7.99. The van der Waals surface area contributed by atoms with Gasteiger partial charge in [-0.1, -0.05) is 23.7 Å². The van der Waals surface area contributed by atoms with E-state index in [0.717, 1.165) is 16.9 Å². The molecule has 0 bridgehead atoms. The number of nitrogens with two attached hydrogens (primary N) is 1. The average molecular weight is 299 g/mol. The summed E-state index contributed by atoms with van der Waals surface area (Å²) in [5.41, 5.74) is 6.65. The Balaban J connectivity index is 2.38. The van der Waals surface area contributed by atoms with Crippen LogP contribution in [0.15, 0.2) is 33.0 Å². The summed E-state index contributed by atoms with van der Waals surface area (Å²) < 4.78 is 1.45. The van der Waals surface area contributed by atoms with E-state index in [1.165, 1.54) is 16.3 Å². The Morgan fingerprint density at radius 3 is 2.89 bits per heavy atom. The van der Waals surface area contributed by atoms with Gasteiger partial charge in [-0.05, 0) is 36.7 Å². The van der Waals surface area contributed by atoms with E-state index in [1.807, 2.05) is 25.1 Å². The lowest BCUT2D eigenvalue weighted by Crippen LogP contribution is -2.18. The lowest BCUT2D eigenvalue weighted by atomic mass is 10.1. The molecule has 0 spiro atoms. The fourth-order valence-electron chi connectivity index (χ4n) is 1.69. The molecule has 0 aliphatic rings. The van der Waals surface area contributed by atoms with Gasteiger partial charge in [0.2, 0.25) is 0 Å². The second kappa shape index (κ2) is 5.81. The zero-order valence-electron chi connectivity index (χ0n) is 10.7. The number of rotatable bonds is 4. The zero-order chi connectivity index (χ0) is 14.0. The molecule has 2 rings (SSSR count). The summed E-state index contributed by atoms with van der Waals surface area (Å²) in [6.45, 7) is 1.94. The summed E-state index contributed by atoms with van der Waals surface area (Å²) in [6.07, 6.45) is 0.723. The zero-order valence-corrected chi connectivity index (χ0v) is 12.3. The Kier molecular flexibility index (Phi) is 4.34. The van der Waals surface area contributed by atoms with E-state index < -0.39 is 0 Å². The van der Waals surface area contributed by atoms with Gasteiger partial charge in [-0.2, -0.15) is 0 Å². The molecule has 0 saturated carbocycles.